The van der Waals surface area contributed by atoms with Crippen molar-refractivity contribution in [1.82, 2.24) is 5.32 Å². The summed E-state index contributed by atoms with van der Waals surface area (Å²) in [6.45, 7) is 1.58. The number of alkyl carbamates (subject to hydrolysis) is 1. The minimum absolute atomic E-state index is 0.289. The highest BCUT2D eigenvalue weighted by molar-refractivity contribution is 6.67. The Hall–Kier alpha value is -0.970. The van der Waals surface area contributed by atoms with Crippen molar-refractivity contribution in [3.8, 4) is 0 Å². The molecule has 0 saturated heterocycles. The summed E-state index contributed by atoms with van der Waals surface area (Å²) in [6.07, 6.45) is 2.52. The van der Waals surface area contributed by atoms with Gasteiger partial charge in [0.15, 0.2) is 0 Å². The molecule has 1 atom stereocenters. The van der Waals surface area contributed by atoms with Gasteiger partial charge in [-0.1, -0.05) is 78.5 Å². The lowest BCUT2D eigenvalue weighted by atomic mass is 10.1. The van der Waals surface area contributed by atoms with Crippen molar-refractivity contribution >= 4 is 40.9 Å². The van der Waals surface area contributed by atoms with Gasteiger partial charge in [-0.15, -0.1) is 0 Å². The Balaban J connectivity index is 2.78. The van der Waals surface area contributed by atoms with Crippen molar-refractivity contribution in [2.75, 3.05) is 6.61 Å². The monoisotopic (exact) mass is 381 g/mol. The van der Waals surface area contributed by atoms with Gasteiger partial charge in [-0.05, 0) is 24.5 Å². The van der Waals surface area contributed by atoms with Gasteiger partial charge in [-0.25, -0.2) is 9.18 Å². The molecule has 1 aromatic rings. The Morgan fingerprint density at radius 1 is 1.35 bits per heavy atom. The van der Waals surface area contributed by atoms with E-state index in [0.29, 0.717) is 6.42 Å². The van der Waals surface area contributed by atoms with E-state index in [9.17, 15) is 9.18 Å². The Kier molecular flexibility index (Phi) is 8.74. The van der Waals surface area contributed by atoms with Gasteiger partial charge in [0.1, 0.15) is 6.61 Å². The highest BCUT2D eigenvalue weighted by Crippen LogP contribution is 2.26. The van der Waals surface area contributed by atoms with Gasteiger partial charge in [0, 0.05) is 0 Å². The molecule has 0 fully saturated rings. The number of amides is 1. The molecule has 0 heterocycles. The van der Waals surface area contributed by atoms with E-state index in [1.165, 1.54) is 6.08 Å². The number of halogens is 4. The van der Waals surface area contributed by atoms with E-state index in [0.717, 1.165) is 18.4 Å². The molecule has 3 nitrogen and oxygen atoms in total. The van der Waals surface area contributed by atoms with E-state index in [1.807, 2.05) is 13.0 Å². The lowest BCUT2D eigenvalue weighted by Gasteiger charge is -2.17. The number of carbonyl (C=O) groups excluding carboxylic acids is 1. The van der Waals surface area contributed by atoms with Gasteiger partial charge in [0.2, 0.25) is 3.79 Å². The maximum absolute atomic E-state index is 14.0. The zero-order valence-corrected chi connectivity index (χ0v) is 15.0. The number of hydrogen-bond acceptors (Lipinski definition) is 2. The second kappa shape index (κ2) is 10.0. The number of allylic oxidation sites excluding steroid dienone is 1. The standard InChI is InChI=1S/C16H19Cl3FNO2/c1-2-3-9-13(20)10-14(12-7-5-4-6-8-12)21-15(22)23-11-16(17,18)19/h4-8,10,14H,2-3,9,11H2,1H3,(H,21,22)/b13-10-. The molecule has 1 aromatic carbocycles. The van der Waals surface area contributed by atoms with Crippen LogP contribution >= 0.6 is 34.8 Å². The van der Waals surface area contributed by atoms with E-state index < -0.39 is 22.5 Å². The molecule has 0 spiro atoms. The van der Waals surface area contributed by atoms with Gasteiger partial charge >= 0.3 is 6.09 Å². The molecule has 23 heavy (non-hydrogen) atoms. The van der Waals surface area contributed by atoms with Crippen molar-refractivity contribution in [1.29, 1.82) is 0 Å². The van der Waals surface area contributed by atoms with Gasteiger partial charge < -0.3 is 10.1 Å². The Bertz CT molecular complexity index is 518. The molecule has 1 unspecified atom stereocenters. The van der Waals surface area contributed by atoms with Crippen LogP contribution < -0.4 is 5.32 Å². The van der Waals surface area contributed by atoms with Crippen LogP contribution in [0, 0.1) is 0 Å². The molecule has 0 radical (unpaired) electrons. The van der Waals surface area contributed by atoms with Crippen molar-refractivity contribution in [2.24, 2.45) is 0 Å². The van der Waals surface area contributed by atoms with Crippen LogP contribution in [0.25, 0.3) is 0 Å². The predicted molar refractivity (Wildman–Crippen MR) is 92.7 cm³/mol. The Morgan fingerprint density at radius 3 is 2.57 bits per heavy atom. The van der Waals surface area contributed by atoms with Crippen molar-refractivity contribution in [3.63, 3.8) is 0 Å². The number of rotatable bonds is 7. The predicted octanol–water partition coefficient (Wildman–Crippen LogP) is 5.87. The van der Waals surface area contributed by atoms with Crippen LogP contribution in [0.1, 0.15) is 37.8 Å². The third-order valence-electron chi connectivity index (χ3n) is 2.92. The smallest absolute Gasteiger partial charge is 0.408 e. The number of unbranched alkanes of at least 4 members (excludes halogenated alkanes) is 1. The maximum atomic E-state index is 14.0. The second-order valence-corrected chi connectivity index (χ2v) is 7.46. The average molecular weight is 383 g/mol. The molecular formula is C16H19Cl3FNO2. The normalized spacial score (nSPS) is 13.5. The number of hydrogen-bond donors (Lipinski definition) is 1. The SMILES string of the molecule is CCCC/C(F)=C/C(NC(=O)OCC(Cl)(Cl)Cl)c1ccccc1. The summed E-state index contributed by atoms with van der Waals surface area (Å²) >= 11 is 16.6. The summed E-state index contributed by atoms with van der Waals surface area (Å²) < 4.78 is 17.1. The molecule has 0 bridgehead atoms. The molecule has 1 N–H and O–H groups in total. The third kappa shape index (κ3) is 9.04. The van der Waals surface area contributed by atoms with Crippen molar-refractivity contribution in [2.45, 2.75) is 36.0 Å². The minimum atomic E-state index is -1.69. The van der Waals surface area contributed by atoms with Crippen LogP contribution in [0.3, 0.4) is 0 Å². The number of nitrogens with one attached hydrogen (secondary N) is 1. The van der Waals surface area contributed by atoms with Crippen LogP contribution in [0.5, 0.6) is 0 Å². The Labute approximate surface area is 150 Å². The zero-order valence-electron chi connectivity index (χ0n) is 12.7. The van der Waals surface area contributed by atoms with Gasteiger partial charge in [-0.3, -0.25) is 0 Å². The number of carbonyl (C=O) groups is 1. The van der Waals surface area contributed by atoms with Crippen molar-refractivity contribution < 1.29 is 13.9 Å². The lowest BCUT2D eigenvalue weighted by Crippen LogP contribution is -2.30. The second-order valence-electron chi connectivity index (χ2n) is 4.94. The number of ether oxygens (including phenoxy) is 1. The quantitative estimate of drug-likeness (QED) is 0.599. The number of alkyl halides is 3. The molecule has 1 rings (SSSR count). The molecule has 0 aromatic heterocycles. The van der Waals surface area contributed by atoms with Crippen LogP contribution in [0.15, 0.2) is 42.2 Å². The topological polar surface area (TPSA) is 38.3 Å². The van der Waals surface area contributed by atoms with E-state index >= 15 is 0 Å². The zero-order chi connectivity index (χ0) is 17.3. The van der Waals surface area contributed by atoms with Crippen LogP contribution in [-0.2, 0) is 4.74 Å². The molecule has 1 amide bonds. The summed E-state index contributed by atoms with van der Waals surface area (Å²) in [7, 11) is 0. The first kappa shape index (κ1) is 20.1. The fourth-order valence-corrected chi connectivity index (χ4v) is 1.97. The first-order valence-electron chi connectivity index (χ1n) is 7.23. The van der Waals surface area contributed by atoms with E-state index in [1.54, 1.807) is 24.3 Å². The summed E-state index contributed by atoms with van der Waals surface area (Å²) in [4.78, 5) is 11.8. The molecule has 128 valence electrons. The van der Waals surface area contributed by atoms with Gasteiger partial charge in [-0.2, -0.15) is 0 Å². The lowest BCUT2D eigenvalue weighted by molar-refractivity contribution is 0.146. The molecule has 0 aliphatic rings. The maximum Gasteiger partial charge on any atom is 0.408 e. The fourth-order valence-electron chi connectivity index (χ4n) is 1.81. The van der Waals surface area contributed by atoms with Gasteiger partial charge in [0.25, 0.3) is 0 Å². The number of benzene rings is 1. The molecule has 0 aliphatic carbocycles. The fraction of sp³-hybridized carbons (Fsp3) is 0.438. The summed E-state index contributed by atoms with van der Waals surface area (Å²) in [5.74, 6) is -0.289. The third-order valence-corrected chi connectivity index (χ3v) is 3.24. The largest absolute Gasteiger partial charge is 0.445 e. The van der Waals surface area contributed by atoms with E-state index in [-0.39, 0.29) is 5.83 Å². The first-order chi connectivity index (χ1) is 10.8. The van der Waals surface area contributed by atoms with Gasteiger partial charge in [0.05, 0.1) is 11.9 Å². The van der Waals surface area contributed by atoms with Crippen LogP contribution in [0.4, 0.5) is 9.18 Å². The molecular weight excluding hydrogens is 364 g/mol. The van der Waals surface area contributed by atoms with Crippen LogP contribution in [0.2, 0.25) is 0 Å². The summed E-state index contributed by atoms with van der Waals surface area (Å²) in [5.41, 5.74) is 0.727. The first-order valence-corrected chi connectivity index (χ1v) is 8.36. The molecule has 7 heteroatoms. The highest BCUT2D eigenvalue weighted by Gasteiger charge is 2.23. The minimum Gasteiger partial charge on any atom is -0.445 e. The van der Waals surface area contributed by atoms with E-state index in [2.05, 4.69) is 5.32 Å². The summed E-state index contributed by atoms with van der Waals surface area (Å²) in [6, 6.07) is 8.34. The highest BCUT2D eigenvalue weighted by atomic mass is 35.6. The average Bonchev–Trinajstić information content (AvgIpc) is 2.50. The van der Waals surface area contributed by atoms with Crippen molar-refractivity contribution in [3.05, 3.63) is 47.8 Å². The Morgan fingerprint density at radius 2 is 2.00 bits per heavy atom. The van der Waals surface area contributed by atoms with E-state index in [4.69, 9.17) is 39.5 Å². The summed E-state index contributed by atoms with van der Waals surface area (Å²) in [5, 5.41) is 2.56. The molecule has 0 saturated carbocycles. The van der Waals surface area contributed by atoms with Crippen LogP contribution in [-0.4, -0.2) is 16.5 Å². The molecule has 0 aliphatic heterocycles.